The van der Waals surface area contributed by atoms with Crippen LogP contribution >= 0.6 is 11.3 Å². The smallest absolute Gasteiger partial charge is 0.323 e. The molecule has 3 aromatic heterocycles. The molecule has 0 atom stereocenters. The summed E-state index contributed by atoms with van der Waals surface area (Å²) in [5.74, 6) is 0. The monoisotopic (exact) mass is 436 g/mol. The van der Waals surface area contributed by atoms with Crippen molar-refractivity contribution in [1.29, 1.82) is 0 Å². The molecular formula is C23H28N6OS. The summed E-state index contributed by atoms with van der Waals surface area (Å²) in [6, 6.07) is 8.47. The molecule has 4 heterocycles. The lowest BCUT2D eigenvalue weighted by Gasteiger charge is -2.38. The van der Waals surface area contributed by atoms with Crippen LogP contribution in [0.15, 0.2) is 48.2 Å². The van der Waals surface area contributed by atoms with Gasteiger partial charge in [-0.05, 0) is 49.9 Å². The van der Waals surface area contributed by atoms with Gasteiger partial charge in [0.15, 0.2) is 5.13 Å². The highest BCUT2D eigenvalue weighted by Gasteiger charge is 2.28. The summed E-state index contributed by atoms with van der Waals surface area (Å²) in [5, 5.41) is 5.39. The van der Waals surface area contributed by atoms with Crippen molar-refractivity contribution in [2.75, 3.05) is 18.4 Å². The molecule has 2 amide bonds. The molecule has 0 aliphatic carbocycles. The summed E-state index contributed by atoms with van der Waals surface area (Å²) in [7, 11) is 0. The number of nitrogens with zero attached hydrogens (tertiary/aromatic N) is 5. The molecule has 0 spiro atoms. The number of hydrogen-bond donors (Lipinski definition) is 1. The molecule has 0 unspecified atom stereocenters. The van der Waals surface area contributed by atoms with Crippen LogP contribution in [-0.2, 0) is 13.1 Å². The molecule has 0 radical (unpaired) electrons. The average Bonchev–Trinajstić information content (AvgIpc) is 3.29. The summed E-state index contributed by atoms with van der Waals surface area (Å²) < 4.78 is 0. The number of likely N-dealkylation sites (tertiary alicyclic amines) is 1. The highest BCUT2D eigenvalue weighted by molar-refractivity contribution is 7.13. The second kappa shape index (κ2) is 9.98. The zero-order valence-electron chi connectivity index (χ0n) is 18.0. The van der Waals surface area contributed by atoms with Crippen LogP contribution in [0.25, 0.3) is 0 Å². The van der Waals surface area contributed by atoms with E-state index in [-0.39, 0.29) is 6.03 Å². The van der Waals surface area contributed by atoms with E-state index in [9.17, 15) is 4.79 Å². The van der Waals surface area contributed by atoms with E-state index in [4.69, 9.17) is 0 Å². The third-order valence-electron chi connectivity index (χ3n) is 5.86. The Hall–Kier alpha value is -2.84. The first-order valence-electron chi connectivity index (χ1n) is 10.6. The lowest BCUT2D eigenvalue weighted by atomic mass is 10.0. The summed E-state index contributed by atoms with van der Waals surface area (Å²) in [6.45, 7) is 7.22. The molecule has 8 heteroatoms. The van der Waals surface area contributed by atoms with Crippen molar-refractivity contribution in [3.63, 3.8) is 0 Å². The average molecular weight is 437 g/mol. The highest BCUT2D eigenvalue weighted by atomic mass is 32.1. The largest absolute Gasteiger partial charge is 0.324 e. The maximum Gasteiger partial charge on any atom is 0.323 e. The van der Waals surface area contributed by atoms with Gasteiger partial charge in [-0.1, -0.05) is 12.1 Å². The lowest BCUT2D eigenvalue weighted by Crippen LogP contribution is -2.47. The van der Waals surface area contributed by atoms with Gasteiger partial charge in [-0.15, -0.1) is 11.3 Å². The Bertz CT molecular complexity index is 953. The molecule has 162 valence electrons. The molecule has 1 aliphatic heterocycles. The number of piperidine rings is 1. The number of amides is 2. The third kappa shape index (κ3) is 5.45. The van der Waals surface area contributed by atoms with Crippen LogP contribution in [0.3, 0.4) is 0 Å². The van der Waals surface area contributed by atoms with Crippen LogP contribution in [0.1, 0.15) is 35.4 Å². The van der Waals surface area contributed by atoms with Gasteiger partial charge in [0.25, 0.3) is 0 Å². The van der Waals surface area contributed by atoms with E-state index in [2.05, 4.69) is 51.1 Å². The Morgan fingerprint density at radius 1 is 1.03 bits per heavy atom. The van der Waals surface area contributed by atoms with Crippen LogP contribution in [0.4, 0.5) is 9.93 Å². The number of thiazole rings is 1. The van der Waals surface area contributed by atoms with E-state index in [1.807, 2.05) is 34.8 Å². The van der Waals surface area contributed by atoms with Crippen LogP contribution in [0, 0.1) is 13.8 Å². The maximum absolute atomic E-state index is 12.6. The number of hydrogen-bond acceptors (Lipinski definition) is 6. The van der Waals surface area contributed by atoms with Gasteiger partial charge in [0.1, 0.15) is 0 Å². The summed E-state index contributed by atoms with van der Waals surface area (Å²) in [6.07, 6.45) is 7.26. The van der Waals surface area contributed by atoms with Crippen molar-refractivity contribution in [3.05, 3.63) is 70.8 Å². The normalized spacial score (nSPS) is 14.7. The fourth-order valence-corrected chi connectivity index (χ4v) is 4.48. The number of aryl methyl sites for hydroxylation is 2. The van der Waals surface area contributed by atoms with E-state index >= 15 is 0 Å². The maximum atomic E-state index is 12.6. The zero-order valence-corrected chi connectivity index (χ0v) is 18.8. The van der Waals surface area contributed by atoms with Gasteiger partial charge in [-0.25, -0.2) is 9.78 Å². The van der Waals surface area contributed by atoms with Crippen LogP contribution in [0.2, 0.25) is 0 Å². The van der Waals surface area contributed by atoms with Gasteiger partial charge in [0, 0.05) is 56.2 Å². The molecule has 7 nitrogen and oxygen atoms in total. The van der Waals surface area contributed by atoms with E-state index in [1.165, 1.54) is 22.5 Å². The van der Waals surface area contributed by atoms with Crippen LogP contribution in [0.5, 0.6) is 0 Å². The fourth-order valence-electron chi connectivity index (χ4n) is 3.96. The quantitative estimate of drug-likeness (QED) is 0.625. The molecule has 0 bridgehead atoms. The van der Waals surface area contributed by atoms with Gasteiger partial charge >= 0.3 is 6.03 Å². The molecule has 3 aromatic rings. The first-order chi connectivity index (χ1) is 15.1. The summed E-state index contributed by atoms with van der Waals surface area (Å²) in [4.78, 5) is 30.3. The van der Waals surface area contributed by atoms with Crippen LogP contribution in [-0.4, -0.2) is 49.9 Å². The molecule has 1 N–H and O–H groups in total. The molecule has 31 heavy (non-hydrogen) atoms. The molecule has 4 rings (SSSR count). The SMILES string of the molecule is Cc1cccnc1CN(Cc1ncccc1C)C1CCN(C(=O)Nc2nccs2)CC1. The first-order valence-corrected chi connectivity index (χ1v) is 11.5. The molecular weight excluding hydrogens is 408 g/mol. The second-order valence-electron chi connectivity index (χ2n) is 7.92. The van der Waals surface area contributed by atoms with Crippen molar-refractivity contribution in [2.24, 2.45) is 0 Å². The first kappa shape index (κ1) is 21.4. The number of nitrogens with one attached hydrogen (secondary N) is 1. The Balaban J connectivity index is 1.44. The number of anilines is 1. The Morgan fingerprint density at radius 2 is 1.65 bits per heavy atom. The predicted octanol–water partition coefficient (Wildman–Crippen LogP) is 4.25. The standard InChI is InChI=1S/C23H28N6OS/c1-17-5-3-9-24-20(17)15-29(16-21-18(2)6-4-10-25-21)19-7-12-28(13-8-19)23(30)27-22-26-11-14-31-22/h3-6,9-11,14,19H,7-8,12-13,15-16H2,1-2H3,(H,26,27,30). The number of pyridine rings is 2. The van der Waals surface area contributed by atoms with Gasteiger partial charge in [0.05, 0.1) is 11.4 Å². The van der Waals surface area contributed by atoms with Gasteiger partial charge in [0.2, 0.25) is 0 Å². The van der Waals surface area contributed by atoms with E-state index in [0.29, 0.717) is 11.2 Å². The molecule has 1 aliphatic rings. The van der Waals surface area contributed by atoms with Crippen molar-refractivity contribution >= 4 is 22.5 Å². The summed E-state index contributed by atoms with van der Waals surface area (Å²) >= 11 is 1.43. The minimum atomic E-state index is -0.0684. The topological polar surface area (TPSA) is 74.2 Å². The number of carbonyl (C=O) groups is 1. The van der Waals surface area contributed by atoms with Crippen molar-refractivity contribution in [1.82, 2.24) is 24.8 Å². The van der Waals surface area contributed by atoms with Crippen molar-refractivity contribution < 1.29 is 4.79 Å². The van der Waals surface area contributed by atoms with E-state index in [0.717, 1.165) is 50.4 Å². The second-order valence-corrected chi connectivity index (χ2v) is 8.82. The highest BCUT2D eigenvalue weighted by Crippen LogP contribution is 2.23. The number of rotatable bonds is 6. The minimum absolute atomic E-state index is 0.0684. The Kier molecular flexibility index (Phi) is 6.89. The molecule has 0 saturated carbocycles. The third-order valence-corrected chi connectivity index (χ3v) is 6.54. The molecule has 0 aromatic carbocycles. The number of aromatic nitrogens is 3. The Labute approximate surface area is 187 Å². The fraction of sp³-hybridized carbons (Fsp3) is 0.391. The number of urea groups is 1. The van der Waals surface area contributed by atoms with Gasteiger partial charge in [-0.3, -0.25) is 20.2 Å². The number of carbonyl (C=O) groups excluding carboxylic acids is 1. The van der Waals surface area contributed by atoms with Gasteiger partial charge < -0.3 is 4.90 Å². The molecule has 1 fully saturated rings. The van der Waals surface area contributed by atoms with Crippen molar-refractivity contribution in [3.8, 4) is 0 Å². The van der Waals surface area contributed by atoms with E-state index < -0.39 is 0 Å². The minimum Gasteiger partial charge on any atom is -0.324 e. The van der Waals surface area contributed by atoms with Gasteiger partial charge in [-0.2, -0.15) is 0 Å². The molecule has 1 saturated heterocycles. The van der Waals surface area contributed by atoms with Crippen molar-refractivity contribution in [2.45, 2.75) is 45.8 Å². The summed E-state index contributed by atoms with van der Waals surface area (Å²) in [5.41, 5.74) is 4.59. The predicted molar refractivity (Wildman–Crippen MR) is 123 cm³/mol. The lowest BCUT2D eigenvalue weighted by molar-refractivity contribution is 0.107. The van der Waals surface area contributed by atoms with Crippen LogP contribution < -0.4 is 5.32 Å². The Morgan fingerprint density at radius 3 is 2.16 bits per heavy atom. The zero-order chi connectivity index (χ0) is 21.6. The van der Waals surface area contributed by atoms with E-state index in [1.54, 1.807) is 6.20 Å².